The number of halogens is 1. The lowest BCUT2D eigenvalue weighted by molar-refractivity contribution is 0.105. The molecule has 1 aliphatic carbocycles. The van der Waals surface area contributed by atoms with Crippen molar-refractivity contribution in [3.05, 3.63) is 75.6 Å². The molecule has 2 aromatic rings. The van der Waals surface area contributed by atoms with E-state index >= 15 is 0 Å². The number of nitrogens with zero attached hydrogens (tertiary/aromatic N) is 4. The third kappa shape index (κ3) is 3.43. The molecule has 2 heterocycles. The molecule has 2 atom stereocenters. The summed E-state index contributed by atoms with van der Waals surface area (Å²) in [5.74, 6) is 1.47. The summed E-state index contributed by atoms with van der Waals surface area (Å²) in [4.78, 5) is 8.84. The number of piperidine rings is 1. The minimum absolute atomic E-state index is 0.0677. The Labute approximate surface area is 199 Å². The maximum absolute atomic E-state index is 11.2. The Balaban J connectivity index is 1.37. The largest absolute Gasteiger partial charge is 0.369 e. The topological polar surface area (TPSA) is 88.9 Å². The Kier molecular flexibility index (Phi) is 5.44. The van der Waals surface area contributed by atoms with Gasteiger partial charge in [0, 0.05) is 24.7 Å². The fourth-order valence-corrected chi connectivity index (χ4v) is 5.93. The van der Waals surface area contributed by atoms with Gasteiger partial charge in [-0.1, -0.05) is 41.9 Å². The van der Waals surface area contributed by atoms with Gasteiger partial charge in [-0.05, 0) is 61.8 Å². The number of aliphatic imine (C=N–C) groups is 1. The molecule has 170 valence electrons. The number of fused-ring (bicyclic) bond motifs is 1. The minimum atomic E-state index is -0.905. The molecule has 3 aliphatic rings. The zero-order valence-corrected chi connectivity index (χ0v) is 19.7. The second-order valence-corrected chi connectivity index (χ2v) is 9.74. The summed E-state index contributed by atoms with van der Waals surface area (Å²) < 4.78 is 0. The molecule has 1 spiro atoms. The summed E-state index contributed by atoms with van der Waals surface area (Å²) in [7, 11) is 0. The van der Waals surface area contributed by atoms with E-state index in [0.717, 1.165) is 43.7 Å². The molecule has 0 amide bonds. The van der Waals surface area contributed by atoms with Gasteiger partial charge in [-0.15, -0.1) is 0 Å². The third-order valence-electron chi connectivity index (χ3n) is 7.61. The van der Waals surface area contributed by atoms with Crippen molar-refractivity contribution in [1.82, 2.24) is 4.90 Å². The van der Waals surface area contributed by atoms with Crippen molar-refractivity contribution in [2.75, 3.05) is 18.0 Å². The molecule has 0 aromatic heterocycles. The summed E-state index contributed by atoms with van der Waals surface area (Å²) >= 11 is 6.46. The highest BCUT2D eigenvalue weighted by Gasteiger charge is 2.46. The van der Waals surface area contributed by atoms with Gasteiger partial charge in [0.25, 0.3) is 0 Å². The van der Waals surface area contributed by atoms with Crippen molar-refractivity contribution >= 4 is 23.1 Å². The molecular formula is C26H28ClN5O. The number of nitriles is 1. The summed E-state index contributed by atoms with van der Waals surface area (Å²) in [5, 5.41) is 20.9. The normalized spacial score (nSPS) is 24.1. The first-order chi connectivity index (χ1) is 15.9. The molecule has 5 rings (SSSR count). The molecule has 1 unspecified atom stereocenters. The van der Waals surface area contributed by atoms with E-state index in [2.05, 4.69) is 35.2 Å². The highest BCUT2D eigenvalue weighted by atomic mass is 35.5. The van der Waals surface area contributed by atoms with Crippen molar-refractivity contribution < 1.29 is 5.11 Å². The van der Waals surface area contributed by atoms with Crippen molar-refractivity contribution in [1.29, 1.82) is 5.26 Å². The van der Waals surface area contributed by atoms with Crippen LogP contribution in [0.15, 0.2) is 58.9 Å². The van der Waals surface area contributed by atoms with Crippen LogP contribution in [0, 0.1) is 16.7 Å². The Morgan fingerprint density at radius 3 is 2.58 bits per heavy atom. The molecule has 0 bridgehead atoms. The van der Waals surface area contributed by atoms with Gasteiger partial charge in [-0.2, -0.15) is 5.26 Å². The van der Waals surface area contributed by atoms with Gasteiger partial charge in [-0.3, -0.25) is 4.90 Å². The van der Waals surface area contributed by atoms with Crippen LogP contribution in [0.4, 0.5) is 5.69 Å². The number of rotatable bonds is 2. The standard InChI is InChI=1S/C26H28ClN5O/c1-16-24(30-17(2)32(25(16)33)21-9-5-7-19(15-28)22(21)27)31-12-10-26(11-13-31)14-18-6-3-4-8-20(18)23(26)29/h3-9,23,25,33H,10-14,29H2,1-2H3/t23-,25?/m1/s1. The SMILES string of the molecule is CC1=NC(N2CCC3(CC2)Cc2ccccc2[C@H]3N)=C(C)C(O)N1c1cccc(C#N)c1Cl. The van der Waals surface area contributed by atoms with Crippen LogP contribution in [0.3, 0.4) is 0 Å². The van der Waals surface area contributed by atoms with Gasteiger partial charge in [0.2, 0.25) is 0 Å². The van der Waals surface area contributed by atoms with E-state index in [1.54, 1.807) is 23.1 Å². The van der Waals surface area contributed by atoms with E-state index in [4.69, 9.17) is 22.3 Å². The second kappa shape index (κ2) is 8.18. The van der Waals surface area contributed by atoms with Crippen LogP contribution < -0.4 is 10.6 Å². The van der Waals surface area contributed by atoms with E-state index < -0.39 is 6.23 Å². The fraction of sp³-hybridized carbons (Fsp3) is 0.385. The van der Waals surface area contributed by atoms with Crippen molar-refractivity contribution in [2.24, 2.45) is 16.1 Å². The van der Waals surface area contributed by atoms with Gasteiger partial charge < -0.3 is 15.7 Å². The van der Waals surface area contributed by atoms with Gasteiger partial charge in [0.15, 0.2) is 6.23 Å². The molecule has 0 radical (unpaired) electrons. The Hall–Kier alpha value is -2.85. The van der Waals surface area contributed by atoms with E-state index in [1.165, 1.54) is 11.1 Å². The van der Waals surface area contributed by atoms with Crippen LogP contribution >= 0.6 is 11.6 Å². The van der Waals surface area contributed by atoms with E-state index in [-0.39, 0.29) is 11.5 Å². The summed E-state index contributed by atoms with van der Waals surface area (Å²) in [6, 6.07) is 15.9. The molecule has 1 saturated heterocycles. The Morgan fingerprint density at radius 2 is 1.88 bits per heavy atom. The van der Waals surface area contributed by atoms with Crippen LogP contribution in [0.25, 0.3) is 0 Å². The molecule has 2 aromatic carbocycles. The third-order valence-corrected chi connectivity index (χ3v) is 8.01. The molecule has 7 heteroatoms. The van der Waals surface area contributed by atoms with Gasteiger partial charge in [0.1, 0.15) is 17.7 Å². The van der Waals surface area contributed by atoms with E-state index in [0.29, 0.717) is 22.1 Å². The fourth-order valence-electron chi connectivity index (χ4n) is 5.67. The predicted molar refractivity (Wildman–Crippen MR) is 131 cm³/mol. The number of aliphatic hydroxyl groups is 1. The predicted octanol–water partition coefficient (Wildman–Crippen LogP) is 4.34. The monoisotopic (exact) mass is 461 g/mol. The average molecular weight is 462 g/mol. The number of amidine groups is 1. The molecule has 33 heavy (non-hydrogen) atoms. The number of likely N-dealkylation sites (tertiary alicyclic amines) is 1. The first-order valence-corrected chi connectivity index (χ1v) is 11.7. The highest BCUT2D eigenvalue weighted by molar-refractivity contribution is 6.35. The lowest BCUT2D eigenvalue weighted by Gasteiger charge is -2.45. The Bertz CT molecular complexity index is 1210. The van der Waals surface area contributed by atoms with E-state index in [9.17, 15) is 10.4 Å². The summed E-state index contributed by atoms with van der Waals surface area (Å²) in [6.07, 6.45) is 2.11. The number of hydrogen-bond donors (Lipinski definition) is 2. The summed E-state index contributed by atoms with van der Waals surface area (Å²) in [6.45, 7) is 5.47. The van der Waals surface area contributed by atoms with Crippen LogP contribution in [0.5, 0.6) is 0 Å². The second-order valence-electron chi connectivity index (χ2n) is 9.36. The first-order valence-electron chi connectivity index (χ1n) is 11.4. The van der Waals surface area contributed by atoms with Crippen molar-refractivity contribution in [3.8, 4) is 6.07 Å². The number of benzene rings is 2. The highest BCUT2D eigenvalue weighted by Crippen LogP contribution is 2.51. The first kappa shape index (κ1) is 22.0. The number of hydrogen-bond acceptors (Lipinski definition) is 6. The maximum Gasteiger partial charge on any atom is 0.158 e. The van der Waals surface area contributed by atoms with E-state index in [1.807, 2.05) is 13.8 Å². The smallest absolute Gasteiger partial charge is 0.158 e. The van der Waals surface area contributed by atoms with Crippen LogP contribution in [0.1, 0.15) is 49.4 Å². The molecule has 3 N–H and O–H groups in total. The molecule has 6 nitrogen and oxygen atoms in total. The molecule has 2 aliphatic heterocycles. The average Bonchev–Trinajstić information content (AvgIpc) is 3.09. The van der Waals surface area contributed by atoms with Crippen molar-refractivity contribution in [2.45, 2.75) is 45.4 Å². The lowest BCUT2D eigenvalue weighted by Crippen LogP contribution is -2.48. The lowest BCUT2D eigenvalue weighted by atomic mass is 9.73. The van der Waals surface area contributed by atoms with Crippen molar-refractivity contribution in [3.63, 3.8) is 0 Å². The number of anilines is 1. The molecular weight excluding hydrogens is 434 g/mol. The van der Waals surface area contributed by atoms with Crippen LogP contribution in [-0.4, -0.2) is 35.2 Å². The number of aliphatic hydroxyl groups excluding tert-OH is 1. The number of nitrogens with two attached hydrogens (primary N) is 1. The minimum Gasteiger partial charge on any atom is -0.369 e. The zero-order valence-electron chi connectivity index (χ0n) is 18.9. The Morgan fingerprint density at radius 1 is 1.15 bits per heavy atom. The zero-order chi connectivity index (χ0) is 23.3. The van der Waals surface area contributed by atoms with Gasteiger partial charge >= 0.3 is 0 Å². The van der Waals surface area contributed by atoms with Gasteiger partial charge in [0.05, 0.1) is 16.3 Å². The van der Waals surface area contributed by atoms with Crippen LogP contribution in [-0.2, 0) is 6.42 Å². The quantitative estimate of drug-likeness (QED) is 0.694. The molecule has 1 fully saturated rings. The molecule has 0 saturated carbocycles. The van der Waals surface area contributed by atoms with Gasteiger partial charge in [-0.25, -0.2) is 4.99 Å². The van der Waals surface area contributed by atoms with Crippen LogP contribution in [0.2, 0.25) is 5.02 Å². The summed E-state index contributed by atoms with van der Waals surface area (Å²) in [5.41, 5.74) is 11.2. The maximum atomic E-state index is 11.2.